The first-order valence-electron chi connectivity index (χ1n) is 5.54. The Morgan fingerprint density at radius 3 is 2.68 bits per heavy atom. The zero-order chi connectivity index (χ0) is 14.0. The van der Waals surface area contributed by atoms with Crippen LogP contribution in [0, 0.1) is 6.92 Å². The summed E-state index contributed by atoms with van der Waals surface area (Å²) in [5, 5.41) is 5.47. The van der Waals surface area contributed by atoms with Gasteiger partial charge in [-0.15, -0.1) is 11.3 Å². The van der Waals surface area contributed by atoms with E-state index in [0.29, 0.717) is 16.5 Å². The summed E-state index contributed by atoms with van der Waals surface area (Å²) in [6.07, 6.45) is 0. The van der Waals surface area contributed by atoms with Crippen LogP contribution in [0.1, 0.15) is 16.1 Å². The molecule has 0 saturated carbocycles. The van der Waals surface area contributed by atoms with Gasteiger partial charge in [-0.2, -0.15) is 0 Å². The standard InChI is InChI=1S/C12H13ClN4OS/c1-7-6-19-12(14-7)16-11(18)8-4-9(13)15-10(5-8)17(2)3/h4-6H,1-3H3,(H,14,16,18). The second kappa shape index (κ2) is 5.54. The molecule has 2 aromatic heterocycles. The monoisotopic (exact) mass is 296 g/mol. The zero-order valence-electron chi connectivity index (χ0n) is 10.8. The van der Waals surface area contributed by atoms with Crippen molar-refractivity contribution < 1.29 is 4.79 Å². The molecule has 1 N–H and O–H groups in total. The van der Waals surface area contributed by atoms with Crippen LogP contribution in [-0.4, -0.2) is 30.0 Å². The number of nitrogens with zero attached hydrogens (tertiary/aromatic N) is 3. The molecule has 0 aliphatic carbocycles. The number of pyridine rings is 1. The number of hydrogen-bond donors (Lipinski definition) is 1. The van der Waals surface area contributed by atoms with Gasteiger partial charge in [0.25, 0.3) is 5.91 Å². The molecule has 7 heteroatoms. The number of anilines is 2. The summed E-state index contributed by atoms with van der Waals surface area (Å²) in [4.78, 5) is 22.2. The number of hydrogen-bond acceptors (Lipinski definition) is 5. The fourth-order valence-corrected chi connectivity index (χ4v) is 2.31. The second-order valence-electron chi connectivity index (χ2n) is 4.18. The lowest BCUT2D eigenvalue weighted by atomic mass is 10.2. The Hall–Kier alpha value is -1.66. The first-order chi connectivity index (χ1) is 8.95. The van der Waals surface area contributed by atoms with E-state index in [-0.39, 0.29) is 11.1 Å². The van der Waals surface area contributed by atoms with Crippen molar-refractivity contribution in [2.75, 3.05) is 24.3 Å². The van der Waals surface area contributed by atoms with E-state index < -0.39 is 0 Å². The summed E-state index contributed by atoms with van der Waals surface area (Å²) in [5.41, 5.74) is 1.33. The van der Waals surface area contributed by atoms with Crippen LogP contribution in [0.3, 0.4) is 0 Å². The molecule has 2 heterocycles. The smallest absolute Gasteiger partial charge is 0.257 e. The highest BCUT2D eigenvalue weighted by Crippen LogP contribution is 2.19. The summed E-state index contributed by atoms with van der Waals surface area (Å²) >= 11 is 7.30. The quantitative estimate of drug-likeness (QED) is 0.885. The van der Waals surface area contributed by atoms with E-state index in [4.69, 9.17) is 11.6 Å². The van der Waals surface area contributed by atoms with Crippen molar-refractivity contribution in [1.82, 2.24) is 9.97 Å². The van der Waals surface area contributed by atoms with Gasteiger partial charge in [0.05, 0.1) is 5.69 Å². The van der Waals surface area contributed by atoms with Crippen molar-refractivity contribution in [2.45, 2.75) is 6.92 Å². The molecule has 0 atom stereocenters. The molecule has 0 aliphatic heterocycles. The summed E-state index contributed by atoms with van der Waals surface area (Å²) < 4.78 is 0. The van der Waals surface area contributed by atoms with Crippen LogP contribution in [-0.2, 0) is 0 Å². The number of amides is 1. The van der Waals surface area contributed by atoms with Crippen LogP contribution >= 0.6 is 22.9 Å². The van der Waals surface area contributed by atoms with Gasteiger partial charge in [-0.3, -0.25) is 10.1 Å². The molecule has 0 aromatic carbocycles. The highest BCUT2D eigenvalue weighted by Gasteiger charge is 2.12. The maximum atomic E-state index is 12.1. The summed E-state index contributed by atoms with van der Waals surface area (Å²) in [6.45, 7) is 1.87. The van der Waals surface area contributed by atoms with Crippen molar-refractivity contribution in [3.05, 3.63) is 33.9 Å². The highest BCUT2D eigenvalue weighted by atomic mass is 35.5. The molecule has 19 heavy (non-hydrogen) atoms. The van der Waals surface area contributed by atoms with E-state index in [0.717, 1.165) is 5.69 Å². The van der Waals surface area contributed by atoms with Gasteiger partial charge in [-0.1, -0.05) is 11.6 Å². The van der Waals surface area contributed by atoms with Crippen LogP contribution in [0.15, 0.2) is 17.5 Å². The molecule has 100 valence electrons. The van der Waals surface area contributed by atoms with Crippen LogP contribution in [0.5, 0.6) is 0 Å². The molecule has 0 spiro atoms. The fourth-order valence-electron chi connectivity index (χ4n) is 1.42. The minimum absolute atomic E-state index is 0.248. The summed E-state index contributed by atoms with van der Waals surface area (Å²) in [6, 6.07) is 3.21. The van der Waals surface area contributed by atoms with Gasteiger partial charge in [-0.25, -0.2) is 9.97 Å². The SMILES string of the molecule is Cc1csc(NC(=O)c2cc(Cl)nc(N(C)C)c2)n1. The normalized spacial score (nSPS) is 10.3. The fraction of sp³-hybridized carbons (Fsp3) is 0.250. The lowest BCUT2D eigenvalue weighted by Gasteiger charge is -2.12. The van der Waals surface area contributed by atoms with Crippen LogP contribution < -0.4 is 10.2 Å². The first-order valence-corrected chi connectivity index (χ1v) is 6.80. The molecular formula is C12H13ClN4OS. The lowest BCUT2D eigenvalue weighted by molar-refractivity contribution is 0.102. The van der Waals surface area contributed by atoms with E-state index in [9.17, 15) is 4.79 Å². The number of aromatic nitrogens is 2. The Balaban J connectivity index is 2.23. The van der Waals surface area contributed by atoms with Crippen LogP contribution in [0.4, 0.5) is 10.9 Å². The number of aryl methyl sites for hydroxylation is 1. The Bertz CT molecular complexity index is 612. The van der Waals surface area contributed by atoms with E-state index in [1.807, 2.05) is 26.4 Å². The average molecular weight is 297 g/mol. The molecule has 0 saturated heterocycles. The van der Waals surface area contributed by atoms with Crippen molar-refractivity contribution in [3.8, 4) is 0 Å². The maximum Gasteiger partial charge on any atom is 0.257 e. The Morgan fingerprint density at radius 1 is 1.37 bits per heavy atom. The third-order valence-electron chi connectivity index (χ3n) is 2.34. The zero-order valence-corrected chi connectivity index (χ0v) is 12.3. The maximum absolute atomic E-state index is 12.1. The molecule has 0 aliphatic rings. The van der Waals surface area contributed by atoms with Crippen molar-refractivity contribution in [3.63, 3.8) is 0 Å². The summed E-state index contributed by atoms with van der Waals surface area (Å²) in [7, 11) is 3.68. The Labute approximate surface area is 120 Å². The molecule has 0 unspecified atom stereocenters. The largest absolute Gasteiger partial charge is 0.363 e. The molecule has 2 aromatic rings. The van der Waals surface area contributed by atoms with E-state index in [1.165, 1.54) is 17.4 Å². The number of carbonyl (C=O) groups excluding carboxylic acids is 1. The lowest BCUT2D eigenvalue weighted by Crippen LogP contribution is -2.15. The Kier molecular flexibility index (Phi) is 4.01. The van der Waals surface area contributed by atoms with Crippen LogP contribution in [0.2, 0.25) is 5.15 Å². The second-order valence-corrected chi connectivity index (χ2v) is 5.42. The van der Waals surface area contributed by atoms with E-state index in [2.05, 4.69) is 15.3 Å². The number of halogens is 1. The van der Waals surface area contributed by atoms with Crippen molar-refractivity contribution >= 4 is 39.8 Å². The van der Waals surface area contributed by atoms with Gasteiger partial charge in [0.2, 0.25) is 0 Å². The van der Waals surface area contributed by atoms with Gasteiger partial charge < -0.3 is 4.90 Å². The van der Waals surface area contributed by atoms with E-state index >= 15 is 0 Å². The number of thiazole rings is 1. The van der Waals surface area contributed by atoms with Gasteiger partial charge in [0.15, 0.2) is 5.13 Å². The minimum Gasteiger partial charge on any atom is -0.363 e. The third kappa shape index (κ3) is 3.42. The Morgan fingerprint density at radius 2 is 2.11 bits per heavy atom. The molecular weight excluding hydrogens is 284 g/mol. The minimum atomic E-state index is -0.248. The number of nitrogens with one attached hydrogen (secondary N) is 1. The van der Waals surface area contributed by atoms with E-state index in [1.54, 1.807) is 11.0 Å². The third-order valence-corrected chi connectivity index (χ3v) is 3.41. The average Bonchev–Trinajstić information content (AvgIpc) is 2.73. The summed E-state index contributed by atoms with van der Waals surface area (Å²) in [5.74, 6) is 0.384. The van der Waals surface area contributed by atoms with Gasteiger partial charge >= 0.3 is 0 Å². The molecule has 2 rings (SSSR count). The number of rotatable bonds is 3. The van der Waals surface area contributed by atoms with Gasteiger partial charge in [0.1, 0.15) is 11.0 Å². The molecule has 0 radical (unpaired) electrons. The van der Waals surface area contributed by atoms with Crippen molar-refractivity contribution in [2.24, 2.45) is 0 Å². The molecule has 0 fully saturated rings. The van der Waals surface area contributed by atoms with Crippen LogP contribution in [0.25, 0.3) is 0 Å². The molecule has 1 amide bonds. The molecule has 5 nitrogen and oxygen atoms in total. The molecule has 0 bridgehead atoms. The van der Waals surface area contributed by atoms with Crippen molar-refractivity contribution in [1.29, 1.82) is 0 Å². The van der Waals surface area contributed by atoms with Gasteiger partial charge in [0, 0.05) is 25.0 Å². The number of carbonyl (C=O) groups is 1. The predicted octanol–water partition coefficient (Wildman–Crippen LogP) is 2.82. The first kappa shape index (κ1) is 13.8. The predicted molar refractivity (Wildman–Crippen MR) is 78.4 cm³/mol. The highest BCUT2D eigenvalue weighted by molar-refractivity contribution is 7.13. The van der Waals surface area contributed by atoms with Gasteiger partial charge in [-0.05, 0) is 19.1 Å². The topological polar surface area (TPSA) is 58.1 Å².